The summed E-state index contributed by atoms with van der Waals surface area (Å²) in [5.74, 6) is 6.71. The molecule has 0 aliphatic heterocycles. The number of hydrogen-bond acceptors (Lipinski definition) is 1. The monoisotopic (exact) mass is 271 g/mol. The molecule has 1 aromatic carbocycles. The van der Waals surface area contributed by atoms with Gasteiger partial charge in [-0.3, -0.25) is 4.90 Å². The molecule has 0 fully saturated rings. The topological polar surface area (TPSA) is 3.24 Å². The Hall–Kier alpha value is -1.26. The maximum absolute atomic E-state index is 3.41. The second-order valence-corrected chi connectivity index (χ2v) is 5.67. The van der Waals surface area contributed by atoms with E-state index < -0.39 is 0 Å². The van der Waals surface area contributed by atoms with Gasteiger partial charge < -0.3 is 0 Å². The summed E-state index contributed by atoms with van der Waals surface area (Å²) in [7, 11) is 4.25. The molecular formula is C19H29N. The van der Waals surface area contributed by atoms with Crippen molar-refractivity contribution in [3.63, 3.8) is 0 Å². The van der Waals surface area contributed by atoms with Crippen LogP contribution < -0.4 is 0 Å². The van der Waals surface area contributed by atoms with Crippen molar-refractivity contribution in [3.8, 4) is 11.8 Å². The van der Waals surface area contributed by atoms with E-state index in [1.165, 1.54) is 44.9 Å². The summed E-state index contributed by atoms with van der Waals surface area (Å²) in [6.07, 6.45) is 9.28. The van der Waals surface area contributed by atoms with Crippen LogP contribution in [0.3, 0.4) is 0 Å². The molecular weight excluding hydrogens is 242 g/mol. The third kappa shape index (κ3) is 7.36. The molecule has 0 saturated heterocycles. The largest absolute Gasteiger partial charge is 0.296 e. The molecule has 0 heterocycles. The van der Waals surface area contributed by atoms with Crippen molar-refractivity contribution in [2.24, 2.45) is 0 Å². The van der Waals surface area contributed by atoms with Gasteiger partial charge in [0.1, 0.15) is 0 Å². The summed E-state index contributed by atoms with van der Waals surface area (Å²) >= 11 is 0. The van der Waals surface area contributed by atoms with E-state index in [-0.39, 0.29) is 0 Å². The molecule has 0 N–H and O–H groups in total. The van der Waals surface area contributed by atoms with Gasteiger partial charge in [0.2, 0.25) is 0 Å². The van der Waals surface area contributed by atoms with Gasteiger partial charge in [0.05, 0.1) is 6.04 Å². The SMILES string of the molecule is CCCCCCCCC(C#Cc1ccccc1)N(C)C. The summed E-state index contributed by atoms with van der Waals surface area (Å²) in [5, 5.41) is 0. The minimum absolute atomic E-state index is 0.376. The van der Waals surface area contributed by atoms with Crippen molar-refractivity contribution in [2.45, 2.75) is 57.9 Å². The Morgan fingerprint density at radius 3 is 2.25 bits per heavy atom. The quantitative estimate of drug-likeness (QED) is 0.488. The fourth-order valence-corrected chi connectivity index (χ4v) is 2.27. The zero-order chi connectivity index (χ0) is 14.6. The highest BCUT2D eigenvalue weighted by Gasteiger charge is 2.06. The summed E-state index contributed by atoms with van der Waals surface area (Å²) in [4.78, 5) is 2.24. The van der Waals surface area contributed by atoms with Crippen LogP contribution in [0.5, 0.6) is 0 Å². The lowest BCUT2D eigenvalue weighted by molar-refractivity contribution is 0.328. The van der Waals surface area contributed by atoms with Crippen LogP contribution in [0, 0.1) is 11.8 Å². The van der Waals surface area contributed by atoms with E-state index in [4.69, 9.17) is 0 Å². The summed E-state index contributed by atoms with van der Waals surface area (Å²) in [6.45, 7) is 2.27. The average molecular weight is 271 g/mol. The van der Waals surface area contributed by atoms with Crippen LogP contribution in [0.25, 0.3) is 0 Å². The van der Waals surface area contributed by atoms with Crippen LogP contribution in [0.1, 0.15) is 57.4 Å². The van der Waals surface area contributed by atoms with Crippen molar-refractivity contribution in [3.05, 3.63) is 35.9 Å². The maximum Gasteiger partial charge on any atom is 0.0713 e. The fourth-order valence-electron chi connectivity index (χ4n) is 2.27. The van der Waals surface area contributed by atoms with Crippen molar-refractivity contribution in [2.75, 3.05) is 14.1 Å². The first-order chi connectivity index (χ1) is 9.74. The fraction of sp³-hybridized carbons (Fsp3) is 0.579. The Bertz CT molecular complexity index is 397. The van der Waals surface area contributed by atoms with E-state index in [9.17, 15) is 0 Å². The molecule has 0 saturated carbocycles. The number of unbranched alkanes of at least 4 members (excludes halogenated alkanes) is 5. The van der Waals surface area contributed by atoms with Gasteiger partial charge in [-0.15, -0.1) is 0 Å². The second-order valence-electron chi connectivity index (χ2n) is 5.67. The van der Waals surface area contributed by atoms with Crippen molar-refractivity contribution < 1.29 is 0 Å². The Morgan fingerprint density at radius 1 is 0.950 bits per heavy atom. The van der Waals surface area contributed by atoms with E-state index in [2.05, 4.69) is 49.9 Å². The van der Waals surface area contributed by atoms with Crippen LogP contribution in [-0.4, -0.2) is 25.0 Å². The van der Waals surface area contributed by atoms with Crippen LogP contribution in [0.4, 0.5) is 0 Å². The Balaban J connectivity index is 2.36. The molecule has 0 aliphatic carbocycles. The van der Waals surface area contributed by atoms with Gasteiger partial charge in [-0.25, -0.2) is 0 Å². The van der Waals surface area contributed by atoms with Crippen LogP contribution in [-0.2, 0) is 0 Å². The van der Waals surface area contributed by atoms with E-state index in [0.717, 1.165) is 5.56 Å². The molecule has 0 amide bonds. The highest BCUT2D eigenvalue weighted by Crippen LogP contribution is 2.10. The Morgan fingerprint density at radius 2 is 1.60 bits per heavy atom. The molecule has 0 radical (unpaired) electrons. The smallest absolute Gasteiger partial charge is 0.0713 e. The Kier molecular flexibility index (Phi) is 8.83. The van der Waals surface area contributed by atoms with E-state index in [1.54, 1.807) is 0 Å². The first-order valence-corrected chi connectivity index (χ1v) is 7.97. The summed E-state index contributed by atoms with van der Waals surface area (Å²) in [6, 6.07) is 10.6. The molecule has 1 rings (SSSR count). The predicted octanol–water partition coefficient (Wildman–Crippen LogP) is 4.72. The maximum atomic E-state index is 3.41. The summed E-state index contributed by atoms with van der Waals surface area (Å²) < 4.78 is 0. The standard InChI is InChI=1S/C19H29N/c1-4-5-6-7-8-12-15-19(20(2)3)17-16-18-13-10-9-11-14-18/h9-11,13-14,19H,4-8,12,15H2,1-3H3. The first-order valence-electron chi connectivity index (χ1n) is 7.97. The zero-order valence-electron chi connectivity index (χ0n) is 13.4. The van der Waals surface area contributed by atoms with Crippen LogP contribution >= 0.6 is 0 Å². The predicted molar refractivity (Wildman–Crippen MR) is 88.8 cm³/mol. The third-order valence-corrected chi connectivity index (χ3v) is 3.61. The number of rotatable bonds is 8. The minimum atomic E-state index is 0.376. The van der Waals surface area contributed by atoms with Gasteiger partial charge in [-0.05, 0) is 32.6 Å². The minimum Gasteiger partial charge on any atom is -0.296 e. The lowest BCUT2D eigenvalue weighted by atomic mass is 10.0. The average Bonchev–Trinajstić information content (AvgIpc) is 2.46. The molecule has 0 aliphatic rings. The van der Waals surface area contributed by atoms with Gasteiger partial charge in [0, 0.05) is 5.56 Å². The van der Waals surface area contributed by atoms with Crippen LogP contribution in [0.15, 0.2) is 30.3 Å². The van der Waals surface area contributed by atoms with Crippen molar-refractivity contribution >= 4 is 0 Å². The summed E-state index contributed by atoms with van der Waals surface area (Å²) in [5.41, 5.74) is 1.11. The molecule has 1 nitrogen and oxygen atoms in total. The van der Waals surface area contributed by atoms with Crippen molar-refractivity contribution in [1.29, 1.82) is 0 Å². The van der Waals surface area contributed by atoms with Crippen LogP contribution in [0.2, 0.25) is 0 Å². The lowest BCUT2D eigenvalue weighted by Crippen LogP contribution is -2.26. The van der Waals surface area contributed by atoms with Crippen molar-refractivity contribution in [1.82, 2.24) is 4.90 Å². The molecule has 0 aromatic heterocycles. The van der Waals surface area contributed by atoms with E-state index in [1.807, 2.05) is 18.2 Å². The highest BCUT2D eigenvalue weighted by atomic mass is 15.1. The normalized spacial score (nSPS) is 12.0. The Labute approximate surface area is 125 Å². The molecule has 1 aromatic rings. The third-order valence-electron chi connectivity index (χ3n) is 3.61. The van der Waals surface area contributed by atoms with Gasteiger partial charge in [0.15, 0.2) is 0 Å². The van der Waals surface area contributed by atoms with Gasteiger partial charge >= 0.3 is 0 Å². The molecule has 0 bridgehead atoms. The van der Waals surface area contributed by atoms with Gasteiger partial charge in [-0.1, -0.05) is 75.5 Å². The number of nitrogens with zero attached hydrogens (tertiary/aromatic N) is 1. The zero-order valence-corrected chi connectivity index (χ0v) is 13.4. The van der Waals surface area contributed by atoms with Gasteiger partial charge in [0.25, 0.3) is 0 Å². The van der Waals surface area contributed by atoms with E-state index >= 15 is 0 Å². The highest BCUT2D eigenvalue weighted by molar-refractivity contribution is 5.34. The molecule has 1 atom stereocenters. The number of benzene rings is 1. The number of hydrogen-bond donors (Lipinski definition) is 0. The molecule has 20 heavy (non-hydrogen) atoms. The molecule has 0 spiro atoms. The lowest BCUT2D eigenvalue weighted by Gasteiger charge is -2.18. The molecule has 1 unspecified atom stereocenters. The molecule has 110 valence electrons. The first kappa shape index (κ1) is 16.8. The van der Waals surface area contributed by atoms with E-state index in [0.29, 0.717) is 6.04 Å². The van der Waals surface area contributed by atoms with Gasteiger partial charge in [-0.2, -0.15) is 0 Å². The molecule has 1 heteroatoms. The second kappa shape index (κ2) is 10.5.